The molecule has 0 spiro atoms. The Morgan fingerprint density at radius 1 is 1.08 bits per heavy atom. The van der Waals surface area contributed by atoms with E-state index in [0.29, 0.717) is 5.92 Å². The monoisotopic (exact) mass is 198 g/mol. The molecule has 0 N–H and O–H groups in total. The number of carbonyl (C=O) groups is 1. The molecule has 3 fully saturated rings. The Labute approximate surface area is 83.8 Å². The van der Waals surface area contributed by atoms with Gasteiger partial charge in [0.05, 0.1) is 0 Å². The highest BCUT2D eigenvalue weighted by molar-refractivity contribution is 6.64. The third kappa shape index (κ3) is 1.03. The average molecular weight is 199 g/mol. The summed E-state index contributed by atoms with van der Waals surface area (Å²) in [7, 11) is 0. The molecule has 0 amide bonds. The van der Waals surface area contributed by atoms with Crippen LogP contribution in [0.1, 0.15) is 32.1 Å². The summed E-state index contributed by atoms with van der Waals surface area (Å²) in [5, 5.41) is -0.0555. The maximum atomic E-state index is 11.2. The van der Waals surface area contributed by atoms with Crippen LogP contribution in [0.25, 0.3) is 0 Å². The molecule has 1 nitrogen and oxygen atoms in total. The topological polar surface area (TPSA) is 17.1 Å². The van der Waals surface area contributed by atoms with Crippen LogP contribution in [0.15, 0.2) is 0 Å². The average Bonchev–Trinajstić information content (AvgIpc) is 2.76. The Morgan fingerprint density at radius 3 is 2.62 bits per heavy atom. The van der Waals surface area contributed by atoms with E-state index < -0.39 is 0 Å². The van der Waals surface area contributed by atoms with Crippen LogP contribution >= 0.6 is 11.6 Å². The van der Waals surface area contributed by atoms with Crippen molar-refractivity contribution in [1.82, 2.24) is 0 Å². The van der Waals surface area contributed by atoms with E-state index in [9.17, 15) is 4.79 Å². The first kappa shape index (κ1) is 8.28. The summed E-state index contributed by atoms with van der Waals surface area (Å²) in [5.74, 6) is 3.58. The fraction of sp³-hybridized carbons (Fsp3) is 0.909. The Balaban J connectivity index is 1.87. The second-order valence-electron chi connectivity index (χ2n) is 5.06. The van der Waals surface area contributed by atoms with Crippen LogP contribution in [-0.4, -0.2) is 5.24 Å². The minimum Gasteiger partial charge on any atom is -0.281 e. The lowest BCUT2D eigenvalue weighted by Crippen LogP contribution is -2.25. The van der Waals surface area contributed by atoms with E-state index in [1.165, 1.54) is 25.7 Å². The summed E-state index contributed by atoms with van der Waals surface area (Å²) >= 11 is 5.65. The van der Waals surface area contributed by atoms with E-state index in [4.69, 9.17) is 11.6 Å². The number of halogens is 1. The van der Waals surface area contributed by atoms with Gasteiger partial charge in [-0.2, -0.15) is 0 Å². The number of rotatable bonds is 1. The van der Waals surface area contributed by atoms with E-state index >= 15 is 0 Å². The zero-order valence-corrected chi connectivity index (χ0v) is 8.46. The molecule has 3 saturated carbocycles. The molecule has 0 aromatic heterocycles. The van der Waals surface area contributed by atoms with Crippen molar-refractivity contribution < 1.29 is 4.79 Å². The Kier molecular flexibility index (Phi) is 1.74. The predicted molar refractivity (Wildman–Crippen MR) is 51.4 cm³/mol. The van der Waals surface area contributed by atoms with Crippen LogP contribution in [0.3, 0.4) is 0 Å². The molecule has 0 heterocycles. The maximum absolute atomic E-state index is 11.2. The Hall–Kier alpha value is -0.0400. The Bertz CT molecular complexity index is 250. The van der Waals surface area contributed by atoms with Crippen LogP contribution in [-0.2, 0) is 4.79 Å². The molecule has 0 aliphatic heterocycles. The van der Waals surface area contributed by atoms with E-state index in [1.54, 1.807) is 0 Å². The van der Waals surface area contributed by atoms with Gasteiger partial charge in [0.25, 0.3) is 0 Å². The van der Waals surface area contributed by atoms with Crippen molar-refractivity contribution in [2.24, 2.45) is 29.6 Å². The molecular weight excluding hydrogens is 184 g/mol. The van der Waals surface area contributed by atoms with E-state index in [1.807, 2.05) is 0 Å². The van der Waals surface area contributed by atoms with Gasteiger partial charge in [-0.1, -0.05) is 0 Å². The van der Waals surface area contributed by atoms with Gasteiger partial charge in [-0.05, 0) is 67.4 Å². The lowest BCUT2D eigenvalue weighted by molar-refractivity contribution is -0.116. The summed E-state index contributed by atoms with van der Waals surface area (Å²) in [6.45, 7) is 0. The standard InChI is InChI=1S/C11H15ClO/c12-11(13)9-4-3-8-6-1-2-7(5-6)10(8)9/h6-10H,1-5H2. The van der Waals surface area contributed by atoms with E-state index in [-0.39, 0.29) is 11.2 Å². The van der Waals surface area contributed by atoms with Crippen molar-refractivity contribution in [3.05, 3.63) is 0 Å². The van der Waals surface area contributed by atoms with Gasteiger partial charge < -0.3 is 0 Å². The molecule has 2 heteroatoms. The van der Waals surface area contributed by atoms with Gasteiger partial charge in [-0.15, -0.1) is 0 Å². The van der Waals surface area contributed by atoms with Gasteiger partial charge in [0.15, 0.2) is 0 Å². The molecule has 3 aliphatic carbocycles. The van der Waals surface area contributed by atoms with Crippen LogP contribution in [0.2, 0.25) is 0 Å². The number of hydrogen-bond donors (Lipinski definition) is 0. The summed E-state index contributed by atoms with van der Waals surface area (Å²) in [6, 6.07) is 0. The molecule has 3 rings (SSSR count). The normalized spacial score (nSPS) is 52.5. The summed E-state index contributed by atoms with van der Waals surface area (Å²) in [4.78, 5) is 11.2. The van der Waals surface area contributed by atoms with Crippen molar-refractivity contribution >= 4 is 16.8 Å². The maximum Gasteiger partial charge on any atom is 0.225 e. The Morgan fingerprint density at radius 2 is 1.85 bits per heavy atom. The van der Waals surface area contributed by atoms with E-state index in [2.05, 4.69) is 0 Å². The van der Waals surface area contributed by atoms with Crippen molar-refractivity contribution in [2.45, 2.75) is 32.1 Å². The largest absolute Gasteiger partial charge is 0.281 e. The molecule has 13 heavy (non-hydrogen) atoms. The summed E-state index contributed by atoms with van der Waals surface area (Å²) in [6.07, 6.45) is 6.54. The van der Waals surface area contributed by atoms with E-state index in [0.717, 1.165) is 24.2 Å². The highest BCUT2D eigenvalue weighted by Crippen LogP contribution is 2.60. The summed E-state index contributed by atoms with van der Waals surface area (Å²) in [5.41, 5.74) is 0. The van der Waals surface area contributed by atoms with Gasteiger partial charge in [-0.25, -0.2) is 0 Å². The summed E-state index contributed by atoms with van der Waals surface area (Å²) < 4.78 is 0. The van der Waals surface area contributed by atoms with Crippen molar-refractivity contribution in [3.63, 3.8) is 0 Å². The molecule has 72 valence electrons. The van der Waals surface area contributed by atoms with Gasteiger partial charge in [0.2, 0.25) is 5.24 Å². The molecule has 2 bridgehead atoms. The quantitative estimate of drug-likeness (QED) is 0.593. The fourth-order valence-corrected chi connectivity index (χ4v) is 4.59. The minimum absolute atomic E-state index is 0.0555. The molecule has 0 aromatic rings. The van der Waals surface area contributed by atoms with Gasteiger partial charge in [0.1, 0.15) is 0 Å². The lowest BCUT2D eigenvalue weighted by Gasteiger charge is -2.27. The van der Waals surface area contributed by atoms with Crippen molar-refractivity contribution in [1.29, 1.82) is 0 Å². The first-order valence-electron chi connectivity index (χ1n) is 5.46. The van der Waals surface area contributed by atoms with Crippen LogP contribution in [0, 0.1) is 29.6 Å². The van der Waals surface area contributed by atoms with Crippen LogP contribution in [0.4, 0.5) is 0 Å². The van der Waals surface area contributed by atoms with Gasteiger partial charge in [0, 0.05) is 5.92 Å². The van der Waals surface area contributed by atoms with Crippen LogP contribution < -0.4 is 0 Å². The van der Waals surface area contributed by atoms with Crippen molar-refractivity contribution in [2.75, 3.05) is 0 Å². The smallest absolute Gasteiger partial charge is 0.225 e. The molecule has 5 unspecified atom stereocenters. The number of carbonyl (C=O) groups excluding carboxylic acids is 1. The second-order valence-corrected chi connectivity index (χ2v) is 5.43. The van der Waals surface area contributed by atoms with Gasteiger partial charge in [-0.3, -0.25) is 4.79 Å². The molecule has 3 aliphatic rings. The zero-order valence-electron chi connectivity index (χ0n) is 7.71. The first-order valence-corrected chi connectivity index (χ1v) is 5.84. The molecule has 0 radical (unpaired) electrons. The number of hydrogen-bond acceptors (Lipinski definition) is 1. The lowest BCUT2D eigenvalue weighted by atomic mass is 9.78. The SMILES string of the molecule is O=C(Cl)C1CCC2C3CCC(C3)C12. The fourth-order valence-electron chi connectivity index (χ4n) is 4.34. The predicted octanol–water partition coefficient (Wildman–Crippen LogP) is 2.82. The highest BCUT2D eigenvalue weighted by Gasteiger charge is 2.54. The molecule has 0 saturated heterocycles. The van der Waals surface area contributed by atoms with Gasteiger partial charge >= 0.3 is 0 Å². The van der Waals surface area contributed by atoms with Crippen molar-refractivity contribution in [3.8, 4) is 0 Å². The zero-order chi connectivity index (χ0) is 9.00. The minimum atomic E-state index is -0.0555. The second kappa shape index (κ2) is 2.73. The van der Waals surface area contributed by atoms with Crippen LogP contribution in [0.5, 0.6) is 0 Å². The molecule has 5 atom stereocenters. The highest BCUT2D eigenvalue weighted by atomic mass is 35.5. The third-order valence-electron chi connectivity index (χ3n) is 4.73. The number of fused-ring (bicyclic) bond motifs is 5. The molecular formula is C11H15ClO. The third-order valence-corrected chi connectivity index (χ3v) is 5.01. The first-order chi connectivity index (χ1) is 6.27. The molecule has 0 aromatic carbocycles.